The summed E-state index contributed by atoms with van der Waals surface area (Å²) in [6.45, 7) is 0. The summed E-state index contributed by atoms with van der Waals surface area (Å²) in [6, 6.07) is -4.14. The summed E-state index contributed by atoms with van der Waals surface area (Å²) in [5.74, 6) is -6.87. The van der Waals surface area contributed by atoms with E-state index in [0.29, 0.717) is 12.7 Å². The summed E-state index contributed by atoms with van der Waals surface area (Å²) in [6.07, 6.45) is 13.7. The van der Waals surface area contributed by atoms with Crippen molar-refractivity contribution in [2.24, 2.45) is 0 Å². The molecular weight excluding hydrogens is 630 g/mol. The summed E-state index contributed by atoms with van der Waals surface area (Å²) in [7, 11) is 0. The quantitative estimate of drug-likeness (QED) is 0.0396. The molecule has 0 bridgehead atoms. The average molecular weight is 686 g/mol. The van der Waals surface area contributed by atoms with Crippen molar-refractivity contribution in [3.05, 3.63) is 0 Å². The molecule has 3 atom stereocenters. The van der Waals surface area contributed by atoms with E-state index in [9.17, 15) is 48.6 Å². The van der Waals surface area contributed by atoms with E-state index in [1.54, 1.807) is 0 Å². The van der Waals surface area contributed by atoms with Crippen LogP contribution in [0.5, 0.6) is 0 Å². The van der Waals surface area contributed by atoms with Crippen LogP contribution in [-0.4, -0.2) is 86.4 Å². The van der Waals surface area contributed by atoms with Gasteiger partial charge in [-0.1, -0.05) is 77.0 Å². The highest BCUT2D eigenvalue weighted by molar-refractivity contribution is 5.87. The van der Waals surface area contributed by atoms with Gasteiger partial charge in [0.2, 0.25) is 17.7 Å². The number of hydrogen-bond donors (Lipinski definition) is 7. The molecule has 0 heterocycles. The van der Waals surface area contributed by atoms with Crippen LogP contribution >= 0.6 is 0 Å². The molecule has 0 fully saturated rings. The van der Waals surface area contributed by atoms with Gasteiger partial charge in [0.25, 0.3) is 0 Å². The van der Waals surface area contributed by atoms with Gasteiger partial charge in [-0.15, -0.1) is 0 Å². The molecule has 0 aromatic rings. The molecule has 0 aliphatic heterocycles. The Bertz CT molecular complexity index is 1020. The summed E-state index contributed by atoms with van der Waals surface area (Å²) in [4.78, 5) is 92.0. The third-order valence-corrected chi connectivity index (χ3v) is 7.84. The Morgan fingerprint density at radius 3 is 1.02 bits per heavy atom. The summed E-state index contributed by atoms with van der Waals surface area (Å²) in [5, 5.41) is 43.4. The van der Waals surface area contributed by atoms with E-state index in [2.05, 4.69) is 16.0 Å². The molecule has 1 unspecified atom stereocenters. The van der Waals surface area contributed by atoms with Crippen molar-refractivity contribution in [3.8, 4) is 0 Å². The monoisotopic (exact) mass is 685 g/mol. The van der Waals surface area contributed by atoms with Crippen molar-refractivity contribution in [1.82, 2.24) is 16.0 Å². The normalized spacial score (nSPS) is 12.7. The van der Waals surface area contributed by atoms with Crippen molar-refractivity contribution in [3.63, 3.8) is 0 Å². The summed E-state index contributed by atoms with van der Waals surface area (Å²) in [5.41, 5.74) is 0. The fourth-order valence-electron chi connectivity index (χ4n) is 5.04. The Morgan fingerprint density at radius 1 is 0.417 bits per heavy atom. The van der Waals surface area contributed by atoms with Crippen molar-refractivity contribution < 1.29 is 58.8 Å². The van der Waals surface area contributed by atoms with Gasteiger partial charge in [0.05, 0.1) is 0 Å². The molecule has 15 nitrogen and oxygen atoms in total. The van der Waals surface area contributed by atoms with Crippen LogP contribution in [0.4, 0.5) is 0 Å². The molecule has 0 aliphatic carbocycles. The SMILES string of the molecule is O=CCC[C@H](NC(=O)CCC(NC(=O)CC[C@H](NC(=O)CCCCCCCCCCCCCCCCC(=O)O)C(=O)O)C(=O)O)C(=O)O. The molecule has 3 amide bonds. The van der Waals surface area contributed by atoms with Gasteiger partial charge in [-0.3, -0.25) is 19.2 Å². The van der Waals surface area contributed by atoms with Gasteiger partial charge in [0, 0.05) is 32.1 Å². The van der Waals surface area contributed by atoms with Gasteiger partial charge in [0.1, 0.15) is 24.4 Å². The van der Waals surface area contributed by atoms with Gasteiger partial charge >= 0.3 is 23.9 Å². The highest BCUT2D eigenvalue weighted by Crippen LogP contribution is 2.14. The van der Waals surface area contributed by atoms with Crippen LogP contribution in [-0.2, 0) is 38.4 Å². The molecule has 0 aliphatic rings. The Hall–Kier alpha value is -4.04. The van der Waals surface area contributed by atoms with Gasteiger partial charge in [0.15, 0.2) is 0 Å². The molecule has 0 spiro atoms. The van der Waals surface area contributed by atoms with E-state index in [1.165, 1.54) is 25.7 Å². The van der Waals surface area contributed by atoms with Crippen LogP contribution in [0.3, 0.4) is 0 Å². The number of unbranched alkanes of at least 4 members (excludes halogenated alkanes) is 13. The maximum atomic E-state index is 12.3. The molecule has 274 valence electrons. The number of rotatable bonds is 32. The van der Waals surface area contributed by atoms with Gasteiger partial charge < -0.3 is 41.2 Å². The Morgan fingerprint density at radius 2 is 0.708 bits per heavy atom. The molecule has 0 saturated carbocycles. The Labute approximate surface area is 282 Å². The highest BCUT2D eigenvalue weighted by atomic mass is 16.4. The predicted octanol–water partition coefficient (Wildman–Crippen LogP) is 3.56. The predicted molar refractivity (Wildman–Crippen MR) is 174 cm³/mol. The van der Waals surface area contributed by atoms with Crippen LogP contribution < -0.4 is 16.0 Å². The van der Waals surface area contributed by atoms with Crippen LogP contribution in [0.25, 0.3) is 0 Å². The zero-order valence-electron chi connectivity index (χ0n) is 27.9. The molecular formula is C33H55N3O12. The van der Waals surface area contributed by atoms with Gasteiger partial charge in [-0.2, -0.15) is 0 Å². The maximum absolute atomic E-state index is 12.3. The second-order valence-electron chi connectivity index (χ2n) is 12.0. The topological polar surface area (TPSA) is 254 Å². The number of carboxylic acids is 4. The maximum Gasteiger partial charge on any atom is 0.326 e. The lowest BCUT2D eigenvalue weighted by molar-refractivity contribution is -0.144. The molecule has 0 radical (unpaired) electrons. The largest absolute Gasteiger partial charge is 0.481 e. The zero-order valence-corrected chi connectivity index (χ0v) is 27.9. The number of carbonyl (C=O) groups is 8. The van der Waals surface area contributed by atoms with Crippen LogP contribution in [0, 0.1) is 0 Å². The lowest BCUT2D eigenvalue weighted by atomic mass is 10.0. The minimum absolute atomic E-state index is 0.0899. The van der Waals surface area contributed by atoms with E-state index in [4.69, 9.17) is 10.2 Å². The summed E-state index contributed by atoms with van der Waals surface area (Å²) < 4.78 is 0. The second kappa shape index (κ2) is 28.0. The van der Waals surface area contributed by atoms with E-state index in [0.717, 1.165) is 57.8 Å². The number of carboxylic acid groups (broad SMARTS) is 4. The van der Waals surface area contributed by atoms with Crippen molar-refractivity contribution in [2.75, 3.05) is 0 Å². The number of carbonyl (C=O) groups excluding carboxylic acids is 4. The van der Waals surface area contributed by atoms with Crippen molar-refractivity contribution in [1.29, 1.82) is 0 Å². The molecule has 0 saturated heterocycles. The van der Waals surface area contributed by atoms with Crippen LogP contribution in [0.1, 0.15) is 141 Å². The Balaban J connectivity index is 4.18. The van der Waals surface area contributed by atoms with Gasteiger partial charge in [-0.25, -0.2) is 14.4 Å². The molecule has 0 aromatic heterocycles. The first-order chi connectivity index (χ1) is 22.9. The minimum Gasteiger partial charge on any atom is -0.481 e. The smallest absolute Gasteiger partial charge is 0.326 e. The number of aldehydes is 1. The molecule has 48 heavy (non-hydrogen) atoms. The third kappa shape index (κ3) is 25.1. The lowest BCUT2D eigenvalue weighted by Gasteiger charge is -2.18. The fourth-order valence-corrected chi connectivity index (χ4v) is 5.04. The first-order valence-corrected chi connectivity index (χ1v) is 17.1. The average Bonchev–Trinajstić information content (AvgIpc) is 3.02. The minimum atomic E-state index is -1.49. The number of hydrogen-bond acceptors (Lipinski definition) is 8. The zero-order chi connectivity index (χ0) is 36.2. The van der Waals surface area contributed by atoms with E-state index in [1.807, 2.05) is 0 Å². The van der Waals surface area contributed by atoms with Crippen molar-refractivity contribution >= 4 is 47.9 Å². The highest BCUT2D eigenvalue weighted by Gasteiger charge is 2.25. The standard InChI is InChI=1S/C33H55N3O12/c37-23-15-16-24(31(43)44)34-28(39)21-20-26(33(47)48)36-29(40)22-19-25(32(45)46)35-27(38)17-13-11-9-7-5-3-1-2-4-6-8-10-12-14-18-30(41)42/h23-26H,1-22H2,(H,34,39)(H,35,38)(H,36,40)(H,41,42)(H,43,44)(H,45,46)(H,47,48)/t24-,25-,26?/m0/s1. The fraction of sp³-hybridized carbons (Fsp3) is 0.758. The number of aliphatic carboxylic acids is 4. The van der Waals surface area contributed by atoms with Crippen LogP contribution in [0.15, 0.2) is 0 Å². The molecule has 7 N–H and O–H groups in total. The first kappa shape index (κ1) is 44.0. The second-order valence-corrected chi connectivity index (χ2v) is 12.0. The first-order valence-electron chi connectivity index (χ1n) is 17.1. The van der Waals surface area contributed by atoms with Crippen LogP contribution in [0.2, 0.25) is 0 Å². The van der Waals surface area contributed by atoms with Gasteiger partial charge in [-0.05, 0) is 32.1 Å². The third-order valence-electron chi connectivity index (χ3n) is 7.84. The number of amides is 3. The van der Waals surface area contributed by atoms with Crippen molar-refractivity contribution in [2.45, 2.75) is 159 Å². The lowest BCUT2D eigenvalue weighted by Crippen LogP contribution is -2.45. The molecule has 0 aromatic carbocycles. The summed E-state index contributed by atoms with van der Waals surface area (Å²) >= 11 is 0. The molecule has 0 rings (SSSR count). The van der Waals surface area contributed by atoms with E-state index >= 15 is 0 Å². The van der Waals surface area contributed by atoms with E-state index in [-0.39, 0.29) is 38.5 Å². The molecule has 15 heteroatoms. The Kier molecular flexibility index (Phi) is 25.7. The van der Waals surface area contributed by atoms with E-state index < -0.39 is 72.6 Å². The number of nitrogens with one attached hydrogen (secondary N) is 3.